The van der Waals surface area contributed by atoms with Crippen LogP contribution in [0.5, 0.6) is 0 Å². The van der Waals surface area contributed by atoms with Gasteiger partial charge >= 0.3 is 5.97 Å². The standard InChI is InChI=1S/C10H13N5O2/c1-5-2-3-6(8(16)17)4-7(5)14-10(13)15-9(11)12/h2-4H,1H3,(H,16,17)(H6,11,12,13,14,15). The minimum absolute atomic E-state index is 0.117. The second-order valence-corrected chi connectivity index (χ2v) is 3.31. The number of nitrogens with zero attached hydrogens (tertiary/aromatic N) is 2. The lowest BCUT2D eigenvalue weighted by Crippen LogP contribution is -2.26. The fourth-order valence-electron chi connectivity index (χ4n) is 1.14. The molecule has 1 aromatic rings. The highest BCUT2D eigenvalue weighted by atomic mass is 16.4. The van der Waals surface area contributed by atoms with Crippen molar-refractivity contribution in [3.05, 3.63) is 29.3 Å². The number of carboxylic acid groups (broad SMARTS) is 1. The van der Waals surface area contributed by atoms with E-state index in [0.29, 0.717) is 5.69 Å². The van der Waals surface area contributed by atoms with Gasteiger partial charge < -0.3 is 22.3 Å². The number of carbonyl (C=O) groups is 1. The number of carboxylic acids is 1. The van der Waals surface area contributed by atoms with Crippen molar-refractivity contribution in [1.29, 1.82) is 0 Å². The first-order valence-corrected chi connectivity index (χ1v) is 4.68. The summed E-state index contributed by atoms with van der Waals surface area (Å²) in [6.07, 6.45) is 0. The summed E-state index contributed by atoms with van der Waals surface area (Å²) >= 11 is 0. The molecule has 0 aromatic heterocycles. The van der Waals surface area contributed by atoms with Gasteiger partial charge in [0, 0.05) is 0 Å². The van der Waals surface area contributed by atoms with Crippen LogP contribution in [0.15, 0.2) is 28.2 Å². The molecule has 0 unspecified atom stereocenters. The number of aliphatic imine (C=N–C) groups is 2. The second-order valence-electron chi connectivity index (χ2n) is 3.31. The summed E-state index contributed by atoms with van der Waals surface area (Å²) in [6.45, 7) is 1.77. The van der Waals surface area contributed by atoms with E-state index in [9.17, 15) is 4.79 Å². The molecule has 7 N–H and O–H groups in total. The van der Waals surface area contributed by atoms with Crippen molar-refractivity contribution < 1.29 is 9.90 Å². The molecular weight excluding hydrogens is 222 g/mol. The normalized spacial score (nSPS) is 11.0. The number of rotatable bonds is 2. The topological polar surface area (TPSA) is 140 Å². The molecule has 0 aliphatic rings. The van der Waals surface area contributed by atoms with E-state index < -0.39 is 5.97 Å². The number of nitrogens with two attached hydrogens (primary N) is 3. The number of benzene rings is 1. The molecule has 0 heterocycles. The molecule has 1 aromatic carbocycles. The van der Waals surface area contributed by atoms with E-state index in [4.69, 9.17) is 22.3 Å². The lowest BCUT2D eigenvalue weighted by Gasteiger charge is -2.02. The second kappa shape index (κ2) is 4.97. The van der Waals surface area contributed by atoms with E-state index >= 15 is 0 Å². The molecule has 17 heavy (non-hydrogen) atoms. The maximum atomic E-state index is 10.8. The van der Waals surface area contributed by atoms with Gasteiger partial charge in [-0.1, -0.05) is 6.07 Å². The van der Waals surface area contributed by atoms with Gasteiger partial charge in [-0.3, -0.25) is 0 Å². The Labute approximate surface area is 97.7 Å². The predicted molar refractivity (Wildman–Crippen MR) is 65.2 cm³/mol. The number of hydrogen-bond donors (Lipinski definition) is 4. The zero-order chi connectivity index (χ0) is 13.0. The molecule has 7 heteroatoms. The minimum atomic E-state index is -1.04. The predicted octanol–water partition coefficient (Wildman–Crippen LogP) is -0.0872. The Morgan fingerprint density at radius 2 is 1.94 bits per heavy atom. The molecule has 0 saturated carbocycles. The summed E-state index contributed by atoms with van der Waals surface area (Å²) in [7, 11) is 0. The van der Waals surface area contributed by atoms with Crippen LogP contribution < -0.4 is 17.2 Å². The van der Waals surface area contributed by atoms with Gasteiger partial charge in [0.05, 0.1) is 11.3 Å². The summed E-state index contributed by atoms with van der Waals surface area (Å²) < 4.78 is 0. The third-order valence-corrected chi connectivity index (χ3v) is 1.93. The van der Waals surface area contributed by atoms with Crippen molar-refractivity contribution >= 4 is 23.6 Å². The third-order valence-electron chi connectivity index (χ3n) is 1.93. The Morgan fingerprint density at radius 1 is 1.29 bits per heavy atom. The smallest absolute Gasteiger partial charge is 0.335 e. The molecule has 0 atom stereocenters. The van der Waals surface area contributed by atoms with Crippen molar-refractivity contribution in [2.75, 3.05) is 0 Å². The molecule has 90 valence electrons. The Hall–Kier alpha value is -2.57. The van der Waals surface area contributed by atoms with Crippen LogP contribution in [0.4, 0.5) is 5.69 Å². The first-order valence-electron chi connectivity index (χ1n) is 4.68. The van der Waals surface area contributed by atoms with Crippen LogP contribution in [-0.4, -0.2) is 23.0 Å². The van der Waals surface area contributed by atoms with Crippen LogP contribution in [0.3, 0.4) is 0 Å². The highest BCUT2D eigenvalue weighted by molar-refractivity contribution is 5.94. The average Bonchev–Trinajstić information content (AvgIpc) is 2.19. The van der Waals surface area contributed by atoms with Crippen molar-refractivity contribution in [3.8, 4) is 0 Å². The fourth-order valence-corrected chi connectivity index (χ4v) is 1.14. The van der Waals surface area contributed by atoms with Crippen LogP contribution in [-0.2, 0) is 0 Å². The average molecular weight is 235 g/mol. The molecule has 7 nitrogen and oxygen atoms in total. The molecule has 0 bridgehead atoms. The zero-order valence-corrected chi connectivity index (χ0v) is 9.21. The SMILES string of the molecule is Cc1ccc(C(=O)O)cc1N=C(N)N=C(N)N. The molecule has 1 rings (SSSR count). The van der Waals surface area contributed by atoms with Gasteiger partial charge in [0.2, 0.25) is 5.96 Å². The van der Waals surface area contributed by atoms with Crippen molar-refractivity contribution in [2.45, 2.75) is 6.92 Å². The minimum Gasteiger partial charge on any atom is -0.478 e. The lowest BCUT2D eigenvalue weighted by molar-refractivity contribution is 0.0697. The Morgan fingerprint density at radius 3 is 2.47 bits per heavy atom. The van der Waals surface area contributed by atoms with Crippen molar-refractivity contribution in [2.24, 2.45) is 27.2 Å². The largest absolute Gasteiger partial charge is 0.478 e. The van der Waals surface area contributed by atoms with E-state index in [2.05, 4.69) is 9.98 Å². The highest BCUT2D eigenvalue weighted by Gasteiger charge is 2.05. The van der Waals surface area contributed by atoms with Gasteiger partial charge in [-0.05, 0) is 24.6 Å². The van der Waals surface area contributed by atoms with Gasteiger partial charge in [-0.15, -0.1) is 0 Å². The van der Waals surface area contributed by atoms with Gasteiger partial charge in [0.15, 0.2) is 5.96 Å². The summed E-state index contributed by atoms with van der Waals surface area (Å²) in [4.78, 5) is 18.2. The van der Waals surface area contributed by atoms with Crippen LogP contribution in [0, 0.1) is 6.92 Å². The molecule has 0 saturated heterocycles. The van der Waals surface area contributed by atoms with Crippen LogP contribution in [0.2, 0.25) is 0 Å². The Bertz CT molecular complexity index is 503. The highest BCUT2D eigenvalue weighted by Crippen LogP contribution is 2.20. The van der Waals surface area contributed by atoms with E-state index in [1.807, 2.05) is 0 Å². The number of aryl methyl sites for hydroxylation is 1. The van der Waals surface area contributed by atoms with Gasteiger partial charge in [-0.25, -0.2) is 9.79 Å². The molecule has 0 amide bonds. The molecule has 0 aliphatic carbocycles. The molecule has 0 spiro atoms. The molecular formula is C10H13N5O2. The summed E-state index contributed by atoms with van der Waals surface area (Å²) in [6, 6.07) is 4.51. The molecule has 0 aliphatic heterocycles. The zero-order valence-electron chi connectivity index (χ0n) is 9.21. The van der Waals surface area contributed by atoms with Gasteiger partial charge in [0.25, 0.3) is 0 Å². The molecule has 0 fully saturated rings. The lowest BCUT2D eigenvalue weighted by atomic mass is 10.1. The van der Waals surface area contributed by atoms with Crippen molar-refractivity contribution in [1.82, 2.24) is 0 Å². The summed E-state index contributed by atoms with van der Waals surface area (Å²) in [5.74, 6) is -1.38. The summed E-state index contributed by atoms with van der Waals surface area (Å²) in [5, 5.41) is 8.83. The maximum absolute atomic E-state index is 10.8. The van der Waals surface area contributed by atoms with E-state index in [0.717, 1.165) is 5.56 Å². The van der Waals surface area contributed by atoms with E-state index in [1.165, 1.54) is 12.1 Å². The quantitative estimate of drug-likeness (QED) is 0.419. The van der Waals surface area contributed by atoms with Crippen molar-refractivity contribution in [3.63, 3.8) is 0 Å². The number of hydrogen-bond acceptors (Lipinski definition) is 2. The van der Waals surface area contributed by atoms with Gasteiger partial charge in [-0.2, -0.15) is 4.99 Å². The summed E-state index contributed by atoms with van der Waals surface area (Å²) in [5.41, 5.74) is 17.0. The third kappa shape index (κ3) is 3.49. The van der Waals surface area contributed by atoms with E-state index in [-0.39, 0.29) is 17.5 Å². The Kier molecular flexibility index (Phi) is 3.66. The monoisotopic (exact) mass is 235 g/mol. The first-order chi connectivity index (χ1) is 7.90. The molecule has 0 radical (unpaired) electrons. The van der Waals surface area contributed by atoms with Crippen LogP contribution >= 0.6 is 0 Å². The van der Waals surface area contributed by atoms with Gasteiger partial charge in [0.1, 0.15) is 0 Å². The first kappa shape index (κ1) is 12.5. The number of guanidine groups is 2. The maximum Gasteiger partial charge on any atom is 0.335 e. The number of aromatic carboxylic acids is 1. The Balaban J connectivity index is 3.18. The fraction of sp³-hybridized carbons (Fsp3) is 0.100. The van der Waals surface area contributed by atoms with Crippen LogP contribution in [0.25, 0.3) is 0 Å². The van der Waals surface area contributed by atoms with Crippen LogP contribution in [0.1, 0.15) is 15.9 Å². The van der Waals surface area contributed by atoms with E-state index in [1.54, 1.807) is 13.0 Å².